The van der Waals surface area contributed by atoms with Gasteiger partial charge < -0.3 is 9.53 Å². The van der Waals surface area contributed by atoms with Gasteiger partial charge in [0.25, 0.3) is 0 Å². The molecular weight excluding hydrogens is 420 g/mol. The van der Waals surface area contributed by atoms with Gasteiger partial charge >= 0.3 is 0 Å². The molecule has 0 unspecified atom stereocenters. The molecule has 0 fully saturated rings. The first-order chi connectivity index (χ1) is 15.7. The molecule has 2 nitrogen and oxygen atoms in total. The molecule has 3 aromatic carbocycles. The molecule has 0 amide bonds. The Bertz CT molecular complexity index is 1120. The molecule has 0 atom stereocenters. The number of hydrogen-bond donors (Lipinski definition) is 1. The Labute approximate surface area is 200 Å². The van der Waals surface area contributed by atoms with Crippen LogP contribution in [0.15, 0.2) is 72.8 Å². The Morgan fingerprint density at radius 3 is 1.55 bits per heavy atom. The molecular formula is C30H36O2Si. The van der Waals surface area contributed by atoms with Crippen LogP contribution in [0.2, 0.25) is 18.1 Å². The highest BCUT2D eigenvalue weighted by molar-refractivity contribution is 6.74. The minimum absolute atomic E-state index is 0.0375. The van der Waals surface area contributed by atoms with Gasteiger partial charge in [-0.15, -0.1) is 0 Å². The lowest BCUT2D eigenvalue weighted by Crippen LogP contribution is -2.40. The van der Waals surface area contributed by atoms with Crippen molar-refractivity contribution in [2.24, 2.45) is 0 Å². The van der Waals surface area contributed by atoms with Crippen LogP contribution in [0.3, 0.4) is 0 Å². The highest BCUT2D eigenvalue weighted by Crippen LogP contribution is 2.37. The van der Waals surface area contributed by atoms with Crippen LogP contribution in [-0.2, 0) is 17.6 Å². The van der Waals surface area contributed by atoms with Crippen molar-refractivity contribution in [3.05, 3.63) is 106 Å². The lowest BCUT2D eigenvalue weighted by Gasteiger charge is -2.36. The number of rotatable bonds is 8. The summed E-state index contributed by atoms with van der Waals surface area (Å²) < 4.78 is 6.48. The maximum atomic E-state index is 9.59. The Balaban J connectivity index is 1.82. The van der Waals surface area contributed by atoms with Crippen molar-refractivity contribution in [1.29, 1.82) is 0 Å². The predicted octanol–water partition coefficient (Wildman–Crippen LogP) is 8.04. The molecule has 1 N–H and O–H groups in total. The first-order valence-corrected chi connectivity index (χ1v) is 14.5. The lowest BCUT2D eigenvalue weighted by molar-refractivity contribution is 0.276. The smallest absolute Gasteiger partial charge is 0.192 e. The average molecular weight is 457 g/mol. The van der Waals surface area contributed by atoms with Crippen molar-refractivity contribution in [2.75, 3.05) is 0 Å². The second-order valence-electron chi connectivity index (χ2n) is 9.90. The van der Waals surface area contributed by atoms with Crippen molar-refractivity contribution in [3.63, 3.8) is 0 Å². The summed E-state index contributed by atoms with van der Waals surface area (Å²) in [5.74, 6) is 0. The molecule has 3 rings (SSSR count). The van der Waals surface area contributed by atoms with Crippen LogP contribution in [0.25, 0.3) is 24.3 Å². The van der Waals surface area contributed by atoms with Gasteiger partial charge in [-0.3, -0.25) is 0 Å². The SMILES string of the molecule is CC(C)(C)[Si](C)(C)OCc1ccccc1/C=C\c1ccccc1/C=C\c1ccccc1CO. The zero-order chi connectivity index (χ0) is 23.9. The van der Waals surface area contributed by atoms with Crippen LogP contribution in [0.5, 0.6) is 0 Å². The van der Waals surface area contributed by atoms with E-state index < -0.39 is 8.32 Å². The summed E-state index contributed by atoms with van der Waals surface area (Å²) in [4.78, 5) is 0. The first kappa shape index (κ1) is 24.9. The minimum Gasteiger partial charge on any atom is -0.413 e. The van der Waals surface area contributed by atoms with Crippen LogP contribution in [-0.4, -0.2) is 13.4 Å². The predicted molar refractivity (Wildman–Crippen MR) is 145 cm³/mol. The highest BCUT2D eigenvalue weighted by atomic mass is 28.4. The fraction of sp³-hybridized carbons (Fsp3) is 0.267. The van der Waals surface area contributed by atoms with E-state index in [-0.39, 0.29) is 11.6 Å². The van der Waals surface area contributed by atoms with E-state index in [1.807, 2.05) is 24.3 Å². The van der Waals surface area contributed by atoms with Gasteiger partial charge in [-0.25, -0.2) is 0 Å². The Morgan fingerprint density at radius 2 is 1.06 bits per heavy atom. The van der Waals surface area contributed by atoms with Gasteiger partial charge in [-0.1, -0.05) is 118 Å². The third-order valence-electron chi connectivity index (χ3n) is 6.56. The van der Waals surface area contributed by atoms with E-state index in [4.69, 9.17) is 4.43 Å². The molecule has 0 radical (unpaired) electrons. The van der Waals surface area contributed by atoms with Gasteiger partial charge in [0.2, 0.25) is 0 Å². The quantitative estimate of drug-likeness (QED) is 0.274. The van der Waals surface area contributed by atoms with Gasteiger partial charge in [0, 0.05) is 0 Å². The topological polar surface area (TPSA) is 29.5 Å². The molecule has 33 heavy (non-hydrogen) atoms. The standard InChI is InChI=1S/C30H36O2Si/c1-30(2,3)33(4,5)32-23-29-17-11-9-15-27(29)21-19-25-13-7-6-12-24(25)18-20-26-14-8-10-16-28(26)22-31/h6-21,31H,22-23H2,1-5H3/b20-18-,21-19-. The molecule has 0 bridgehead atoms. The van der Waals surface area contributed by atoms with Crippen LogP contribution in [0, 0.1) is 0 Å². The number of benzene rings is 3. The Kier molecular flexibility index (Phi) is 8.25. The molecule has 3 aromatic rings. The third kappa shape index (κ3) is 6.64. The van der Waals surface area contributed by atoms with Crippen molar-refractivity contribution >= 4 is 32.6 Å². The van der Waals surface area contributed by atoms with Crippen molar-refractivity contribution in [3.8, 4) is 0 Å². The van der Waals surface area contributed by atoms with Gasteiger partial charge in [0.15, 0.2) is 8.32 Å². The summed E-state index contributed by atoms with van der Waals surface area (Å²) in [6, 6.07) is 24.7. The third-order valence-corrected chi connectivity index (χ3v) is 11.0. The molecule has 0 heterocycles. The minimum atomic E-state index is -1.81. The summed E-state index contributed by atoms with van der Waals surface area (Å²) in [5.41, 5.74) is 6.64. The Hall–Kier alpha value is -2.72. The van der Waals surface area contributed by atoms with E-state index in [1.54, 1.807) is 0 Å². The summed E-state index contributed by atoms with van der Waals surface area (Å²) in [6.45, 7) is 12.1. The summed E-state index contributed by atoms with van der Waals surface area (Å²) in [6.07, 6.45) is 8.53. The van der Waals surface area contributed by atoms with E-state index in [0.717, 1.165) is 22.3 Å². The molecule has 0 aliphatic heterocycles. The Morgan fingerprint density at radius 1 is 0.667 bits per heavy atom. The van der Waals surface area contributed by atoms with Gasteiger partial charge in [0.1, 0.15) is 0 Å². The molecule has 0 saturated carbocycles. The van der Waals surface area contributed by atoms with Crippen molar-refractivity contribution in [1.82, 2.24) is 0 Å². The second kappa shape index (κ2) is 10.9. The van der Waals surface area contributed by atoms with E-state index in [9.17, 15) is 5.11 Å². The molecule has 3 heteroatoms. The summed E-state index contributed by atoms with van der Waals surface area (Å²) in [5, 5.41) is 9.78. The fourth-order valence-electron chi connectivity index (χ4n) is 3.32. The van der Waals surface area contributed by atoms with Gasteiger partial charge in [-0.2, -0.15) is 0 Å². The van der Waals surface area contributed by atoms with E-state index >= 15 is 0 Å². The normalized spacial score (nSPS) is 12.7. The molecule has 0 aromatic heterocycles. The number of hydrogen-bond acceptors (Lipinski definition) is 2. The molecule has 0 saturated heterocycles. The summed E-state index contributed by atoms with van der Waals surface area (Å²) >= 11 is 0. The van der Waals surface area contributed by atoms with Gasteiger partial charge in [0.05, 0.1) is 13.2 Å². The van der Waals surface area contributed by atoms with Crippen molar-refractivity contribution < 1.29 is 9.53 Å². The van der Waals surface area contributed by atoms with Crippen LogP contribution in [0.1, 0.15) is 54.2 Å². The van der Waals surface area contributed by atoms with Crippen molar-refractivity contribution in [2.45, 2.75) is 52.1 Å². The number of aliphatic hydroxyl groups excluding tert-OH is 1. The van der Waals surface area contributed by atoms with Crippen LogP contribution < -0.4 is 0 Å². The average Bonchev–Trinajstić information content (AvgIpc) is 2.80. The highest BCUT2D eigenvalue weighted by Gasteiger charge is 2.37. The zero-order valence-electron chi connectivity index (χ0n) is 20.5. The molecule has 0 aliphatic carbocycles. The van der Waals surface area contributed by atoms with Gasteiger partial charge in [-0.05, 0) is 51.5 Å². The fourth-order valence-corrected chi connectivity index (χ4v) is 4.27. The van der Waals surface area contributed by atoms with Crippen LogP contribution >= 0.6 is 0 Å². The number of aliphatic hydroxyl groups is 1. The monoisotopic (exact) mass is 456 g/mol. The molecule has 0 spiro atoms. The maximum Gasteiger partial charge on any atom is 0.192 e. The molecule has 172 valence electrons. The molecule has 0 aliphatic rings. The van der Waals surface area contributed by atoms with E-state index in [0.29, 0.717) is 6.61 Å². The largest absolute Gasteiger partial charge is 0.413 e. The maximum absolute atomic E-state index is 9.59. The van der Waals surface area contributed by atoms with E-state index in [2.05, 4.69) is 107 Å². The first-order valence-electron chi connectivity index (χ1n) is 11.6. The van der Waals surface area contributed by atoms with Crippen LogP contribution in [0.4, 0.5) is 0 Å². The summed E-state index contributed by atoms with van der Waals surface area (Å²) in [7, 11) is -1.81. The lowest BCUT2D eigenvalue weighted by atomic mass is 10.0. The zero-order valence-corrected chi connectivity index (χ0v) is 21.5. The van der Waals surface area contributed by atoms with E-state index in [1.165, 1.54) is 11.1 Å². The second-order valence-corrected chi connectivity index (χ2v) is 14.7.